The molecule has 1 nitrogen and oxygen atoms in total. The molecule has 0 bridgehead atoms. The van der Waals surface area contributed by atoms with Crippen molar-refractivity contribution >= 4 is 0 Å². The Labute approximate surface area is 96.9 Å². The van der Waals surface area contributed by atoms with Gasteiger partial charge in [0.1, 0.15) is 5.82 Å². The molecule has 0 heterocycles. The van der Waals surface area contributed by atoms with E-state index in [4.69, 9.17) is 5.73 Å². The Bertz CT molecular complexity index is 325. The highest BCUT2D eigenvalue weighted by molar-refractivity contribution is 5.18. The Morgan fingerprint density at radius 2 is 1.69 bits per heavy atom. The molecule has 1 fully saturated rings. The van der Waals surface area contributed by atoms with Crippen molar-refractivity contribution in [1.29, 1.82) is 0 Å². The van der Waals surface area contributed by atoms with E-state index in [0.29, 0.717) is 0 Å². The van der Waals surface area contributed by atoms with E-state index < -0.39 is 0 Å². The van der Waals surface area contributed by atoms with E-state index in [1.54, 1.807) is 12.1 Å². The summed E-state index contributed by atoms with van der Waals surface area (Å²) in [6.45, 7) is 0.754. The fraction of sp³-hybridized carbons (Fsp3) is 0.571. The van der Waals surface area contributed by atoms with Crippen LogP contribution >= 0.6 is 0 Å². The molecule has 1 aliphatic carbocycles. The maximum atomic E-state index is 12.8. The van der Waals surface area contributed by atoms with E-state index in [1.165, 1.54) is 37.7 Å². The molecule has 1 aliphatic rings. The summed E-state index contributed by atoms with van der Waals surface area (Å²) in [6, 6.07) is 6.87. The third-order valence-electron chi connectivity index (χ3n) is 3.84. The van der Waals surface area contributed by atoms with Crippen molar-refractivity contribution in [2.24, 2.45) is 11.1 Å². The van der Waals surface area contributed by atoms with Crippen molar-refractivity contribution < 1.29 is 4.39 Å². The van der Waals surface area contributed by atoms with Crippen LogP contribution in [0.2, 0.25) is 0 Å². The third kappa shape index (κ3) is 2.62. The maximum Gasteiger partial charge on any atom is 0.123 e. The van der Waals surface area contributed by atoms with Crippen molar-refractivity contribution in [2.45, 2.75) is 38.5 Å². The summed E-state index contributed by atoms with van der Waals surface area (Å²) in [6.07, 6.45) is 7.37. The molecule has 0 amide bonds. The second kappa shape index (κ2) is 4.96. The zero-order valence-electron chi connectivity index (χ0n) is 9.71. The normalized spacial score (nSPS) is 19.6. The quantitative estimate of drug-likeness (QED) is 0.832. The molecule has 0 spiro atoms. The molecule has 0 saturated heterocycles. The van der Waals surface area contributed by atoms with Gasteiger partial charge in [0, 0.05) is 0 Å². The fourth-order valence-corrected chi connectivity index (χ4v) is 2.79. The van der Waals surface area contributed by atoms with E-state index >= 15 is 0 Å². The smallest absolute Gasteiger partial charge is 0.123 e. The average Bonchev–Trinajstić information content (AvgIpc) is 2.33. The first-order valence-corrected chi connectivity index (χ1v) is 6.19. The molecule has 2 rings (SSSR count). The summed E-state index contributed by atoms with van der Waals surface area (Å²) >= 11 is 0. The van der Waals surface area contributed by atoms with Gasteiger partial charge in [-0.15, -0.1) is 0 Å². The molecule has 1 aromatic rings. The molecule has 0 radical (unpaired) electrons. The van der Waals surface area contributed by atoms with Crippen LogP contribution in [0.3, 0.4) is 0 Å². The number of nitrogens with two attached hydrogens (primary N) is 1. The van der Waals surface area contributed by atoms with Gasteiger partial charge < -0.3 is 5.73 Å². The Kier molecular flexibility index (Phi) is 3.59. The van der Waals surface area contributed by atoms with Crippen LogP contribution in [0.15, 0.2) is 24.3 Å². The monoisotopic (exact) mass is 221 g/mol. The number of halogens is 1. The van der Waals surface area contributed by atoms with E-state index in [9.17, 15) is 4.39 Å². The Morgan fingerprint density at radius 1 is 1.06 bits per heavy atom. The summed E-state index contributed by atoms with van der Waals surface area (Å²) in [5, 5.41) is 0. The molecule has 0 aromatic heterocycles. The SMILES string of the molecule is NCC1(Cc2ccc(F)cc2)CCCCC1. The van der Waals surface area contributed by atoms with Crippen LogP contribution in [0.5, 0.6) is 0 Å². The van der Waals surface area contributed by atoms with Crippen LogP contribution in [-0.2, 0) is 6.42 Å². The lowest BCUT2D eigenvalue weighted by atomic mass is 9.70. The highest BCUT2D eigenvalue weighted by Crippen LogP contribution is 2.38. The van der Waals surface area contributed by atoms with Crippen molar-refractivity contribution in [2.75, 3.05) is 6.54 Å². The van der Waals surface area contributed by atoms with Gasteiger partial charge in [0.05, 0.1) is 0 Å². The van der Waals surface area contributed by atoms with Gasteiger partial charge in [-0.2, -0.15) is 0 Å². The summed E-state index contributed by atoms with van der Waals surface area (Å²) < 4.78 is 12.8. The first-order chi connectivity index (χ1) is 7.74. The van der Waals surface area contributed by atoms with Crippen LogP contribution in [0.4, 0.5) is 4.39 Å². The van der Waals surface area contributed by atoms with Gasteiger partial charge in [-0.1, -0.05) is 31.4 Å². The Morgan fingerprint density at radius 3 is 2.25 bits per heavy atom. The predicted molar refractivity (Wildman–Crippen MR) is 64.7 cm³/mol. The summed E-state index contributed by atoms with van der Waals surface area (Å²) in [5.41, 5.74) is 7.43. The number of hydrogen-bond donors (Lipinski definition) is 1. The van der Waals surface area contributed by atoms with Crippen molar-refractivity contribution in [1.82, 2.24) is 0 Å². The Hall–Kier alpha value is -0.890. The molecule has 2 heteroatoms. The highest BCUT2D eigenvalue weighted by atomic mass is 19.1. The minimum atomic E-state index is -0.158. The first-order valence-electron chi connectivity index (χ1n) is 6.19. The number of hydrogen-bond acceptors (Lipinski definition) is 1. The van der Waals surface area contributed by atoms with Gasteiger partial charge in [-0.25, -0.2) is 4.39 Å². The topological polar surface area (TPSA) is 26.0 Å². The molecule has 1 aromatic carbocycles. The first kappa shape index (κ1) is 11.6. The zero-order valence-corrected chi connectivity index (χ0v) is 9.71. The van der Waals surface area contributed by atoms with Gasteiger partial charge in [-0.05, 0) is 48.9 Å². The molecule has 0 atom stereocenters. The number of benzene rings is 1. The van der Waals surface area contributed by atoms with E-state index in [0.717, 1.165) is 13.0 Å². The van der Waals surface area contributed by atoms with Gasteiger partial charge >= 0.3 is 0 Å². The maximum absolute atomic E-state index is 12.8. The van der Waals surface area contributed by atoms with Crippen LogP contribution in [0.25, 0.3) is 0 Å². The van der Waals surface area contributed by atoms with E-state index in [-0.39, 0.29) is 11.2 Å². The molecular weight excluding hydrogens is 201 g/mol. The van der Waals surface area contributed by atoms with E-state index in [2.05, 4.69) is 0 Å². The largest absolute Gasteiger partial charge is 0.330 e. The van der Waals surface area contributed by atoms with Crippen LogP contribution < -0.4 is 5.73 Å². The summed E-state index contributed by atoms with van der Waals surface area (Å²) in [7, 11) is 0. The zero-order chi connectivity index (χ0) is 11.4. The molecule has 88 valence electrons. The lowest BCUT2D eigenvalue weighted by Gasteiger charge is -2.36. The number of rotatable bonds is 3. The predicted octanol–water partition coefficient (Wildman–Crippen LogP) is 3.28. The summed E-state index contributed by atoms with van der Waals surface area (Å²) in [4.78, 5) is 0. The molecular formula is C14H20FN. The molecule has 16 heavy (non-hydrogen) atoms. The highest BCUT2D eigenvalue weighted by Gasteiger charge is 2.30. The molecule has 1 saturated carbocycles. The molecule has 0 unspecified atom stereocenters. The van der Waals surface area contributed by atoms with Gasteiger partial charge in [0.2, 0.25) is 0 Å². The average molecular weight is 221 g/mol. The van der Waals surface area contributed by atoms with E-state index in [1.807, 2.05) is 12.1 Å². The fourth-order valence-electron chi connectivity index (χ4n) is 2.79. The second-order valence-electron chi connectivity index (χ2n) is 5.07. The minimum Gasteiger partial charge on any atom is -0.330 e. The lowest BCUT2D eigenvalue weighted by molar-refractivity contribution is 0.197. The Balaban J connectivity index is 2.08. The standard InChI is InChI=1S/C14H20FN/c15-13-6-4-12(5-7-13)10-14(11-16)8-2-1-3-9-14/h4-7H,1-3,8-11,16H2. The van der Waals surface area contributed by atoms with Gasteiger partial charge in [0.25, 0.3) is 0 Å². The third-order valence-corrected chi connectivity index (χ3v) is 3.84. The summed E-state index contributed by atoms with van der Waals surface area (Å²) in [5.74, 6) is -0.158. The van der Waals surface area contributed by atoms with Gasteiger partial charge in [-0.3, -0.25) is 0 Å². The van der Waals surface area contributed by atoms with Crippen molar-refractivity contribution in [3.05, 3.63) is 35.6 Å². The van der Waals surface area contributed by atoms with Crippen molar-refractivity contribution in [3.8, 4) is 0 Å². The van der Waals surface area contributed by atoms with Gasteiger partial charge in [0.15, 0.2) is 0 Å². The molecule has 2 N–H and O–H groups in total. The second-order valence-corrected chi connectivity index (χ2v) is 5.07. The molecule has 0 aliphatic heterocycles. The van der Waals surface area contributed by atoms with Crippen LogP contribution in [-0.4, -0.2) is 6.54 Å². The minimum absolute atomic E-state index is 0.158. The lowest BCUT2D eigenvalue weighted by Crippen LogP contribution is -2.34. The van der Waals surface area contributed by atoms with Crippen molar-refractivity contribution in [3.63, 3.8) is 0 Å². The van der Waals surface area contributed by atoms with Crippen LogP contribution in [0, 0.1) is 11.2 Å². The van der Waals surface area contributed by atoms with Crippen LogP contribution in [0.1, 0.15) is 37.7 Å².